The van der Waals surface area contributed by atoms with Crippen molar-refractivity contribution in [2.45, 2.75) is 22.2 Å². The zero-order chi connectivity index (χ0) is 21.5. The molecule has 2 heterocycles. The summed E-state index contributed by atoms with van der Waals surface area (Å²) in [5, 5.41) is 7.54. The molecule has 2 aromatic carbocycles. The van der Waals surface area contributed by atoms with Crippen molar-refractivity contribution < 1.29 is 22.0 Å². The van der Waals surface area contributed by atoms with Crippen LogP contribution in [0, 0.1) is 0 Å². The summed E-state index contributed by atoms with van der Waals surface area (Å²) in [6, 6.07) is 12.6. The summed E-state index contributed by atoms with van der Waals surface area (Å²) in [7, 11) is -3.37. The van der Waals surface area contributed by atoms with E-state index in [1.807, 2.05) is 0 Å². The Bertz CT molecular complexity index is 1230. The third kappa shape index (κ3) is 4.21. The minimum absolute atomic E-state index is 0.0567. The van der Waals surface area contributed by atoms with Crippen LogP contribution in [-0.4, -0.2) is 29.9 Å². The Morgan fingerprint density at radius 3 is 2.53 bits per heavy atom. The number of nitrogens with one attached hydrogen (secondary N) is 1. The van der Waals surface area contributed by atoms with E-state index in [-0.39, 0.29) is 39.5 Å². The number of rotatable bonds is 5. The summed E-state index contributed by atoms with van der Waals surface area (Å²) in [5.74, 6) is -3.63. The number of sulfone groups is 1. The van der Waals surface area contributed by atoms with Gasteiger partial charge in [-0.3, -0.25) is 4.79 Å². The number of aromatic nitrogens is 2. The van der Waals surface area contributed by atoms with Crippen molar-refractivity contribution in [2.24, 2.45) is 0 Å². The summed E-state index contributed by atoms with van der Waals surface area (Å²) in [4.78, 5) is 13.0. The van der Waals surface area contributed by atoms with E-state index in [0.717, 1.165) is 0 Å². The maximum atomic E-state index is 12.9. The van der Waals surface area contributed by atoms with E-state index in [2.05, 4.69) is 10.4 Å². The highest BCUT2D eigenvalue weighted by atomic mass is 35.5. The van der Waals surface area contributed by atoms with E-state index in [4.69, 9.17) is 11.6 Å². The number of fused-ring (bicyclic) bond motifs is 1. The number of alkyl halides is 2. The smallest absolute Gasteiger partial charge is 0.288 e. The first-order valence-corrected chi connectivity index (χ1v) is 11.7. The van der Waals surface area contributed by atoms with Crippen molar-refractivity contribution in [3.63, 3.8) is 0 Å². The number of hydrogen-bond acceptors (Lipinski definition) is 5. The van der Waals surface area contributed by atoms with Crippen molar-refractivity contribution in [3.8, 4) is 5.69 Å². The third-order valence-corrected chi connectivity index (χ3v) is 6.92. The highest BCUT2D eigenvalue weighted by Crippen LogP contribution is 2.34. The fraction of sp³-hybridized carbons (Fsp3) is 0.158. The van der Waals surface area contributed by atoms with Gasteiger partial charge < -0.3 is 5.32 Å². The average Bonchev–Trinajstić information content (AvgIpc) is 3.15. The van der Waals surface area contributed by atoms with Crippen LogP contribution in [0.5, 0.6) is 0 Å². The normalized spacial score (nSPS) is 14.7. The Hall–Kier alpha value is -2.43. The second kappa shape index (κ2) is 8.01. The number of anilines is 1. The van der Waals surface area contributed by atoms with Crippen molar-refractivity contribution in [2.75, 3.05) is 5.32 Å². The number of halogens is 3. The topological polar surface area (TPSA) is 81.1 Å². The predicted molar refractivity (Wildman–Crippen MR) is 111 cm³/mol. The Morgan fingerprint density at radius 1 is 1.13 bits per heavy atom. The molecule has 0 saturated carbocycles. The van der Waals surface area contributed by atoms with Crippen LogP contribution in [0.1, 0.15) is 21.6 Å². The lowest BCUT2D eigenvalue weighted by molar-refractivity contribution is 0.102. The van der Waals surface area contributed by atoms with Gasteiger partial charge in [0, 0.05) is 15.5 Å². The Kier molecular flexibility index (Phi) is 5.56. The number of carbonyl (C=O) groups is 1. The van der Waals surface area contributed by atoms with Crippen LogP contribution in [-0.2, 0) is 21.3 Å². The van der Waals surface area contributed by atoms with Crippen LogP contribution < -0.4 is 5.32 Å². The highest BCUT2D eigenvalue weighted by molar-refractivity contribution is 7.99. The van der Waals surface area contributed by atoms with Crippen LogP contribution in [0.3, 0.4) is 0 Å². The standard InChI is InChI=1S/C19H14ClF2N3O3S2/c20-11-5-7-12(8-6-11)25-17(14-9-30(27,28)10-15(14)24-25)23-18(26)13-3-1-2-4-16(13)29-19(21)22/h1-8,19H,9-10H2,(H,23,26). The van der Waals surface area contributed by atoms with Crippen LogP contribution in [0.4, 0.5) is 14.6 Å². The monoisotopic (exact) mass is 469 g/mol. The molecule has 0 atom stereocenters. The van der Waals surface area contributed by atoms with Gasteiger partial charge in [0.15, 0.2) is 9.84 Å². The van der Waals surface area contributed by atoms with Gasteiger partial charge in [-0.1, -0.05) is 35.5 Å². The van der Waals surface area contributed by atoms with E-state index in [1.165, 1.54) is 16.8 Å². The Balaban J connectivity index is 1.75. The molecule has 0 fully saturated rings. The van der Waals surface area contributed by atoms with Crippen molar-refractivity contribution >= 4 is 44.9 Å². The molecule has 1 aliphatic rings. The van der Waals surface area contributed by atoms with Gasteiger partial charge in [-0.05, 0) is 36.4 Å². The van der Waals surface area contributed by atoms with Crippen LogP contribution in [0.25, 0.3) is 5.69 Å². The molecule has 0 unspecified atom stereocenters. The summed E-state index contributed by atoms with van der Waals surface area (Å²) >= 11 is 6.20. The van der Waals surface area contributed by atoms with Gasteiger partial charge in [0.1, 0.15) is 5.82 Å². The number of benzene rings is 2. The predicted octanol–water partition coefficient (Wildman–Crippen LogP) is 4.52. The van der Waals surface area contributed by atoms with E-state index < -0.39 is 21.5 Å². The van der Waals surface area contributed by atoms with Gasteiger partial charge in [0.2, 0.25) is 0 Å². The highest BCUT2D eigenvalue weighted by Gasteiger charge is 2.33. The van der Waals surface area contributed by atoms with Gasteiger partial charge in [-0.2, -0.15) is 13.9 Å². The Labute approximate surface area is 180 Å². The lowest BCUT2D eigenvalue weighted by Gasteiger charge is -2.13. The van der Waals surface area contributed by atoms with E-state index >= 15 is 0 Å². The lowest BCUT2D eigenvalue weighted by Crippen LogP contribution is -2.17. The summed E-state index contributed by atoms with van der Waals surface area (Å²) < 4.78 is 51.3. The maximum absolute atomic E-state index is 12.9. The molecular formula is C19H14ClF2N3O3S2. The fourth-order valence-electron chi connectivity index (χ4n) is 3.17. The first-order valence-electron chi connectivity index (χ1n) is 8.66. The van der Waals surface area contributed by atoms with E-state index in [0.29, 0.717) is 22.0 Å². The zero-order valence-corrected chi connectivity index (χ0v) is 17.6. The molecule has 0 radical (unpaired) electrons. The van der Waals surface area contributed by atoms with Gasteiger partial charge in [-0.15, -0.1) is 0 Å². The molecule has 11 heteroatoms. The summed E-state index contributed by atoms with van der Waals surface area (Å²) in [5.41, 5.74) is 1.35. The molecule has 156 valence electrons. The van der Waals surface area contributed by atoms with Gasteiger partial charge >= 0.3 is 0 Å². The van der Waals surface area contributed by atoms with E-state index in [1.54, 1.807) is 36.4 Å². The first-order chi connectivity index (χ1) is 14.2. The van der Waals surface area contributed by atoms with Crippen LogP contribution in [0.2, 0.25) is 5.02 Å². The third-order valence-electron chi connectivity index (χ3n) is 4.44. The molecule has 0 aliphatic carbocycles. The molecule has 0 spiro atoms. The molecular weight excluding hydrogens is 456 g/mol. The van der Waals surface area contributed by atoms with Crippen LogP contribution in [0.15, 0.2) is 53.4 Å². The molecule has 0 bridgehead atoms. The van der Waals surface area contributed by atoms with Crippen molar-refractivity contribution in [1.82, 2.24) is 9.78 Å². The first kappa shape index (κ1) is 20.8. The molecule has 1 N–H and O–H groups in total. The fourth-order valence-corrected chi connectivity index (χ4v) is 5.42. The Morgan fingerprint density at radius 2 is 1.83 bits per heavy atom. The van der Waals surface area contributed by atoms with E-state index in [9.17, 15) is 22.0 Å². The molecule has 4 rings (SSSR count). The molecule has 30 heavy (non-hydrogen) atoms. The molecule has 6 nitrogen and oxygen atoms in total. The van der Waals surface area contributed by atoms with Gasteiger partial charge in [-0.25, -0.2) is 13.1 Å². The van der Waals surface area contributed by atoms with Gasteiger partial charge in [0.25, 0.3) is 11.7 Å². The molecule has 3 aromatic rings. The minimum Gasteiger partial charge on any atom is -0.306 e. The van der Waals surface area contributed by atoms with Gasteiger partial charge in [0.05, 0.1) is 28.5 Å². The SMILES string of the molecule is O=C(Nc1c2c(nn1-c1ccc(Cl)cc1)CS(=O)(=O)C2)c1ccccc1SC(F)F. The second-order valence-electron chi connectivity index (χ2n) is 6.52. The second-order valence-corrected chi connectivity index (χ2v) is 10.1. The summed E-state index contributed by atoms with van der Waals surface area (Å²) in [6.07, 6.45) is 0. The number of amides is 1. The summed E-state index contributed by atoms with van der Waals surface area (Å²) in [6.45, 7) is 0. The quantitative estimate of drug-likeness (QED) is 0.555. The molecule has 1 aliphatic heterocycles. The maximum Gasteiger partial charge on any atom is 0.288 e. The molecule has 0 saturated heterocycles. The average molecular weight is 470 g/mol. The lowest BCUT2D eigenvalue weighted by atomic mass is 10.2. The molecule has 1 aromatic heterocycles. The number of carbonyl (C=O) groups excluding carboxylic acids is 1. The molecule has 1 amide bonds. The number of nitrogens with zero attached hydrogens (tertiary/aromatic N) is 2. The van der Waals surface area contributed by atoms with Crippen molar-refractivity contribution in [3.05, 3.63) is 70.4 Å². The number of hydrogen-bond donors (Lipinski definition) is 1. The number of thioether (sulfide) groups is 1. The zero-order valence-electron chi connectivity index (χ0n) is 15.2. The minimum atomic E-state index is -3.37. The largest absolute Gasteiger partial charge is 0.306 e. The van der Waals surface area contributed by atoms with Crippen LogP contribution >= 0.6 is 23.4 Å². The van der Waals surface area contributed by atoms with Crippen molar-refractivity contribution in [1.29, 1.82) is 0 Å².